The highest BCUT2D eigenvalue weighted by atomic mass is 35.5. The predicted molar refractivity (Wildman–Crippen MR) is 116 cm³/mol. The number of hydrogen-bond acceptors (Lipinski definition) is 5. The summed E-state index contributed by atoms with van der Waals surface area (Å²) in [6.07, 6.45) is 1.41. The van der Waals surface area contributed by atoms with Crippen molar-refractivity contribution in [2.24, 2.45) is 0 Å². The Balaban J connectivity index is 1.38. The number of carbonyl (C=O) groups excluding carboxylic acids is 1. The van der Waals surface area contributed by atoms with E-state index >= 15 is 0 Å². The lowest BCUT2D eigenvalue weighted by atomic mass is 10.1. The number of piperazine rings is 1. The maximum absolute atomic E-state index is 12.7. The van der Waals surface area contributed by atoms with Crippen molar-refractivity contribution in [1.82, 2.24) is 14.5 Å². The van der Waals surface area contributed by atoms with E-state index in [0.717, 1.165) is 11.3 Å². The zero-order valence-corrected chi connectivity index (χ0v) is 17.0. The Morgan fingerprint density at radius 3 is 2.30 bits per heavy atom. The average Bonchev–Trinajstić information content (AvgIpc) is 2.76. The van der Waals surface area contributed by atoms with Crippen molar-refractivity contribution in [3.05, 3.63) is 76.3 Å². The summed E-state index contributed by atoms with van der Waals surface area (Å²) in [5.41, 5.74) is 2.08. The van der Waals surface area contributed by atoms with E-state index in [4.69, 9.17) is 11.6 Å². The number of halogens is 1. The van der Waals surface area contributed by atoms with Crippen molar-refractivity contribution >= 4 is 23.2 Å². The zero-order chi connectivity index (χ0) is 21.1. The number of nitrogens with zero attached hydrogens (tertiary/aromatic N) is 4. The third kappa shape index (κ3) is 4.46. The van der Waals surface area contributed by atoms with E-state index in [2.05, 4.69) is 9.88 Å². The largest absolute Gasteiger partial charge is 0.508 e. The van der Waals surface area contributed by atoms with Gasteiger partial charge in [0.15, 0.2) is 0 Å². The molecule has 1 amide bonds. The third-order valence-electron chi connectivity index (χ3n) is 5.17. The van der Waals surface area contributed by atoms with Gasteiger partial charge in [-0.25, -0.2) is 4.98 Å². The number of benzene rings is 2. The first-order valence-corrected chi connectivity index (χ1v) is 10.0. The van der Waals surface area contributed by atoms with E-state index in [-0.39, 0.29) is 23.8 Å². The molecule has 1 aromatic heterocycles. The van der Waals surface area contributed by atoms with E-state index in [1.54, 1.807) is 41.3 Å². The summed E-state index contributed by atoms with van der Waals surface area (Å²) in [5.74, 6) is 0.122. The molecular weight excluding hydrogens is 404 g/mol. The molecule has 1 fully saturated rings. The molecule has 0 atom stereocenters. The molecule has 0 aliphatic carbocycles. The number of carbonyl (C=O) groups is 1. The lowest BCUT2D eigenvalue weighted by Gasteiger charge is -2.36. The molecule has 154 valence electrons. The third-order valence-corrected chi connectivity index (χ3v) is 5.42. The molecule has 0 radical (unpaired) electrons. The number of phenols is 1. The minimum atomic E-state index is -0.272. The molecule has 1 aliphatic rings. The molecule has 30 heavy (non-hydrogen) atoms. The minimum Gasteiger partial charge on any atom is -0.508 e. The van der Waals surface area contributed by atoms with Gasteiger partial charge in [0.05, 0.1) is 12.0 Å². The van der Waals surface area contributed by atoms with Crippen LogP contribution in [0.1, 0.15) is 0 Å². The second-order valence-electron chi connectivity index (χ2n) is 7.13. The maximum atomic E-state index is 12.7. The molecule has 4 rings (SSSR count). The highest BCUT2D eigenvalue weighted by Gasteiger charge is 2.22. The van der Waals surface area contributed by atoms with Crippen LogP contribution in [0, 0.1) is 0 Å². The summed E-state index contributed by atoms with van der Waals surface area (Å²) < 4.78 is 1.33. The Bertz CT molecular complexity index is 1090. The van der Waals surface area contributed by atoms with Crippen LogP contribution in [0.5, 0.6) is 5.75 Å². The van der Waals surface area contributed by atoms with Crippen molar-refractivity contribution in [2.45, 2.75) is 6.54 Å². The van der Waals surface area contributed by atoms with Gasteiger partial charge in [-0.2, -0.15) is 0 Å². The lowest BCUT2D eigenvalue weighted by Crippen LogP contribution is -2.50. The van der Waals surface area contributed by atoms with Crippen LogP contribution in [-0.2, 0) is 11.3 Å². The number of amides is 1. The molecule has 7 nitrogen and oxygen atoms in total. The number of phenolic OH excluding ortho intramolecular Hbond substituents is 1. The van der Waals surface area contributed by atoms with E-state index in [0.29, 0.717) is 36.9 Å². The molecule has 3 aromatic rings. The fourth-order valence-corrected chi connectivity index (χ4v) is 3.57. The van der Waals surface area contributed by atoms with Gasteiger partial charge in [-0.05, 0) is 36.4 Å². The molecule has 0 saturated carbocycles. The first-order valence-electron chi connectivity index (χ1n) is 9.64. The van der Waals surface area contributed by atoms with E-state index in [1.165, 1.54) is 17.0 Å². The van der Waals surface area contributed by atoms with Gasteiger partial charge in [0.2, 0.25) is 5.91 Å². The fraction of sp³-hybridized carbons (Fsp3) is 0.227. The SMILES string of the molecule is O=C(Cn1cnc(-c2ccc(Cl)cc2)cc1=O)N1CCN(c2ccc(O)cc2)CC1. The standard InChI is InChI=1S/C22H21ClN4O3/c23-17-3-1-16(2-4-17)20-13-21(29)27(15-24-20)14-22(30)26-11-9-25(10-12-26)18-5-7-19(28)8-6-18/h1-8,13,15,28H,9-12,14H2. The Morgan fingerprint density at radius 1 is 1.00 bits per heavy atom. The number of rotatable bonds is 4. The van der Waals surface area contributed by atoms with E-state index < -0.39 is 0 Å². The molecule has 1 N–H and O–H groups in total. The normalized spacial score (nSPS) is 14.0. The summed E-state index contributed by atoms with van der Waals surface area (Å²) in [6.45, 7) is 2.50. The average molecular weight is 425 g/mol. The summed E-state index contributed by atoms with van der Waals surface area (Å²) in [7, 11) is 0. The van der Waals surface area contributed by atoms with Crippen LogP contribution >= 0.6 is 11.6 Å². The van der Waals surface area contributed by atoms with Crippen molar-refractivity contribution < 1.29 is 9.90 Å². The number of anilines is 1. The molecule has 0 spiro atoms. The molecule has 0 bridgehead atoms. The topological polar surface area (TPSA) is 78.7 Å². The van der Waals surface area contributed by atoms with Crippen molar-refractivity contribution in [2.75, 3.05) is 31.1 Å². The smallest absolute Gasteiger partial charge is 0.254 e. The maximum Gasteiger partial charge on any atom is 0.254 e. The van der Waals surface area contributed by atoms with Gasteiger partial charge < -0.3 is 14.9 Å². The van der Waals surface area contributed by atoms with Crippen LogP contribution in [0.25, 0.3) is 11.3 Å². The molecule has 2 heterocycles. The van der Waals surface area contributed by atoms with Gasteiger partial charge in [-0.1, -0.05) is 23.7 Å². The van der Waals surface area contributed by atoms with E-state index in [1.807, 2.05) is 12.1 Å². The molecule has 2 aromatic carbocycles. The zero-order valence-electron chi connectivity index (χ0n) is 16.2. The fourth-order valence-electron chi connectivity index (χ4n) is 3.45. The van der Waals surface area contributed by atoms with Gasteiger partial charge in [0, 0.05) is 48.5 Å². The van der Waals surface area contributed by atoms with Crippen molar-refractivity contribution in [3.8, 4) is 17.0 Å². The summed E-state index contributed by atoms with van der Waals surface area (Å²) in [5, 5.41) is 10.0. The number of aromatic nitrogens is 2. The van der Waals surface area contributed by atoms with Gasteiger partial charge in [0.1, 0.15) is 12.3 Å². The number of hydrogen-bond donors (Lipinski definition) is 1. The van der Waals surface area contributed by atoms with Crippen LogP contribution in [0.15, 0.2) is 65.7 Å². The predicted octanol–water partition coefficient (Wildman–Crippen LogP) is 2.62. The second kappa shape index (κ2) is 8.59. The monoisotopic (exact) mass is 424 g/mol. The molecule has 0 unspecified atom stereocenters. The van der Waals surface area contributed by atoms with Gasteiger partial charge in [-0.15, -0.1) is 0 Å². The minimum absolute atomic E-state index is 0.0358. The van der Waals surface area contributed by atoms with Gasteiger partial charge in [-0.3, -0.25) is 14.2 Å². The van der Waals surface area contributed by atoms with Crippen LogP contribution < -0.4 is 10.5 Å². The lowest BCUT2D eigenvalue weighted by molar-refractivity contribution is -0.132. The first kappa shape index (κ1) is 20.0. The Morgan fingerprint density at radius 2 is 1.67 bits per heavy atom. The number of aromatic hydroxyl groups is 1. The molecular formula is C22H21ClN4O3. The second-order valence-corrected chi connectivity index (χ2v) is 7.57. The highest BCUT2D eigenvalue weighted by molar-refractivity contribution is 6.30. The van der Waals surface area contributed by atoms with Crippen LogP contribution in [0.4, 0.5) is 5.69 Å². The molecule has 8 heteroatoms. The summed E-state index contributed by atoms with van der Waals surface area (Å²) in [4.78, 5) is 33.4. The van der Waals surface area contributed by atoms with Crippen molar-refractivity contribution in [3.63, 3.8) is 0 Å². The van der Waals surface area contributed by atoms with Crippen LogP contribution in [0.3, 0.4) is 0 Å². The van der Waals surface area contributed by atoms with Crippen molar-refractivity contribution in [1.29, 1.82) is 0 Å². The van der Waals surface area contributed by atoms with Crippen LogP contribution in [-0.4, -0.2) is 51.6 Å². The van der Waals surface area contributed by atoms with Crippen LogP contribution in [0.2, 0.25) is 5.02 Å². The van der Waals surface area contributed by atoms with Gasteiger partial charge >= 0.3 is 0 Å². The molecule has 1 aliphatic heterocycles. The summed E-state index contributed by atoms with van der Waals surface area (Å²) in [6, 6.07) is 15.5. The van der Waals surface area contributed by atoms with Gasteiger partial charge in [0.25, 0.3) is 5.56 Å². The molecule has 1 saturated heterocycles. The first-order chi connectivity index (χ1) is 14.5. The Hall–Kier alpha value is -3.32. The Kier molecular flexibility index (Phi) is 5.72. The highest BCUT2D eigenvalue weighted by Crippen LogP contribution is 2.20. The summed E-state index contributed by atoms with van der Waals surface area (Å²) >= 11 is 5.90. The van der Waals surface area contributed by atoms with E-state index in [9.17, 15) is 14.7 Å². The quantitative estimate of drug-likeness (QED) is 0.696. The Labute approximate surface area is 178 Å².